The molecule has 0 bridgehead atoms. The van der Waals surface area contributed by atoms with Crippen LogP contribution < -0.4 is 5.32 Å². The first-order valence-electron chi connectivity index (χ1n) is 9.35. The standard InChI is InChI=1S/C21H19F3N4O2/c1-12-3-8-17-18(26-20(29)16-9-10-30-13(16)2)27-28(19(17)25-12)11-14-4-6-15(7-5-14)21(22,23)24/h3-10,13,16H,11H2,1-2H3,(H,26,27,29). The van der Waals surface area contributed by atoms with Gasteiger partial charge in [0.1, 0.15) is 6.10 Å². The Balaban J connectivity index is 1.64. The smallest absolute Gasteiger partial charge is 0.416 e. The molecule has 6 nitrogen and oxygen atoms in total. The van der Waals surface area contributed by atoms with Gasteiger partial charge in [-0.3, -0.25) is 4.79 Å². The number of alkyl halides is 3. The lowest BCUT2D eigenvalue weighted by Crippen LogP contribution is -2.28. The number of nitrogens with one attached hydrogen (secondary N) is 1. The van der Waals surface area contributed by atoms with Crippen LogP contribution in [0.3, 0.4) is 0 Å². The maximum atomic E-state index is 12.8. The third-order valence-corrected chi connectivity index (χ3v) is 4.98. The summed E-state index contributed by atoms with van der Waals surface area (Å²) < 4.78 is 45.3. The van der Waals surface area contributed by atoms with Crippen LogP contribution in [0.25, 0.3) is 11.0 Å². The summed E-state index contributed by atoms with van der Waals surface area (Å²) in [4.78, 5) is 17.1. The van der Waals surface area contributed by atoms with Gasteiger partial charge < -0.3 is 10.1 Å². The van der Waals surface area contributed by atoms with Crippen molar-refractivity contribution in [1.82, 2.24) is 14.8 Å². The number of aromatic nitrogens is 3. The highest BCUT2D eigenvalue weighted by Crippen LogP contribution is 2.30. The van der Waals surface area contributed by atoms with Gasteiger partial charge in [0, 0.05) is 5.69 Å². The third-order valence-electron chi connectivity index (χ3n) is 4.98. The monoisotopic (exact) mass is 416 g/mol. The minimum Gasteiger partial charge on any atom is -0.497 e. The van der Waals surface area contributed by atoms with Gasteiger partial charge in [-0.2, -0.15) is 18.3 Å². The van der Waals surface area contributed by atoms with Crippen LogP contribution in [0.15, 0.2) is 48.7 Å². The first-order chi connectivity index (χ1) is 14.2. The quantitative estimate of drug-likeness (QED) is 0.689. The minimum atomic E-state index is -4.39. The fourth-order valence-electron chi connectivity index (χ4n) is 3.32. The number of rotatable bonds is 4. The molecule has 0 saturated carbocycles. The number of nitrogens with zero attached hydrogens (tertiary/aromatic N) is 3. The second kappa shape index (κ2) is 7.47. The Bertz CT molecular complexity index is 1120. The fraction of sp³-hybridized carbons (Fsp3) is 0.286. The zero-order valence-electron chi connectivity index (χ0n) is 16.3. The summed E-state index contributed by atoms with van der Waals surface area (Å²) >= 11 is 0. The van der Waals surface area contributed by atoms with Gasteiger partial charge in [0.2, 0.25) is 5.91 Å². The van der Waals surface area contributed by atoms with Crippen molar-refractivity contribution in [3.8, 4) is 0 Å². The van der Waals surface area contributed by atoms with Gasteiger partial charge in [0.15, 0.2) is 11.5 Å². The highest BCUT2D eigenvalue weighted by molar-refractivity contribution is 6.00. The van der Waals surface area contributed by atoms with Gasteiger partial charge in [-0.05, 0) is 49.8 Å². The van der Waals surface area contributed by atoms with Gasteiger partial charge in [-0.1, -0.05) is 12.1 Å². The van der Waals surface area contributed by atoms with E-state index in [-0.39, 0.29) is 18.6 Å². The van der Waals surface area contributed by atoms with E-state index >= 15 is 0 Å². The normalized spacial score (nSPS) is 18.6. The molecule has 3 heterocycles. The highest BCUT2D eigenvalue weighted by Gasteiger charge is 2.30. The lowest BCUT2D eigenvalue weighted by atomic mass is 10.0. The molecule has 9 heteroatoms. The molecule has 2 unspecified atom stereocenters. The highest BCUT2D eigenvalue weighted by atomic mass is 19.4. The van der Waals surface area contributed by atoms with Crippen LogP contribution in [0, 0.1) is 12.8 Å². The number of halogens is 3. The summed E-state index contributed by atoms with van der Waals surface area (Å²) in [5.74, 6) is -0.335. The molecule has 0 aliphatic carbocycles. The lowest BCUT2D eigenvalue weighted by molar-refractivity contribution is -0.137. The molecular weight excluding hydrogens is 397 g/mol. The van der Waals surface area contributed by atoms with Crippen LogP contribution in [0.1, 0.15) is 23.7 Å². The molecule has 1 aliphatic heterocycles. The summed E-state index contributed by atoms with van der Waals surface area (Å²) in [5, 5.41) is 7.94. The Labute approximate surface area is 170 Å². The molecule has 0 fully saturated rings. The molecule has 3 aromatic rings. The van der Waals surface area contributed by atoms with Crippen molar-refractivity contribution in [3.05, 3.63) is 65.6 Å². The number of benzene rings is 1. The molecule has 1 N–H and O–H groups in total. The Morgan fingerprint density at radius 3 is 2.57 bits per heavy atom. The number of fused-ring (bicyclic) bond motifs is 1. The van der Waals surface area contributed by atoms with Crippen molar-refractivity contribution < 1.29 is 22.7 Å². The third kappa shape index (κ3) is 3.87. The van der Waals surface area contributed by atoms with Crippen LogP contribution in [-0.4, -0.2) is 26.8 Å². The van der Waals surface area contributed by atoms with Crippen molar-refractivity contribution in [2.24, 2.45) is 5.92 Å². The Morgan fingerprint density at radius 2 is 1.93 bits per heavy atom. The Hall–Kier alpha value is -3.36. The van der Waals surface area contributed by atoms with Gasteiger partial charge in [0.05, 0.1) is 29.7 Å². The van der Waals surface area contributed by atoms with E-state index in [1.807, 2.05) is 19.1 Å². The number of ether oxygens (including phenoxy) is 1. The number of pyridine rings is 1. The van der Waals surface area contributed by atoms with Gasteiger partial charge in [0.25, 0.3) is 0 Å². The minimum absolute atomic E-state index is 0.212. The Kier molecular flexibility index (Phi) is 4.97. The number of amides is 1. The number of hydrogen-bond donors (Lipinski definition) is 1. The van der Waals surface area contributed by atoms with Crippen molar-refractivity contribution in [2.45, 2.75) is 32.7 Å². The maximum absolute atomic E-state index is 12.8. The summed E-state index contributed by atoms with van der Waals surface area (Å²) in [5.41, 5.74) is 1.22. The first-order valence-corrected chi connectivity index (χ1v) is 9.35. The van der Waals surface area contributed by atoms with Gasteiger partial charge >= 0.3 is 6.18 Å². The van der Waals surface area contributed by atoms with Crippen LogP contribution in [0.5, 0.6) is 0 Å². The number of hydrogen-bond acceptors (Lipinski definition) is 4. The maximum Gasteiger partial charge on any atom is 0.416 e. The zero-order valence-corrected chi connectivity index (χ0v) is 16.3. The van der Waals surface area contributed by atoms with Crippen LogP contribution in [-0.2, 0) is 22.3 Å². The average molecular weight is 416 g/mol. The lowest BCUT2D eigenvalue weighted by Gasteiger charge is -2.13. The zero-order chi connectivity index (χ0) is 21.5. The number of anilines is 1. The van der Waals surface area contributed by atoms with E-state index in [9.17, 15) is 18.0 Å². The average Bonchev–Trinajstić information content (AvgIpc) is 3.25. The SMILES string of the molecule is Cc1ccc2c(NC(=O)C3C=COC3C)nn(Cc3ccc(C(F)(F)F)cc3)c2n1. The van der Waals surface area contributed by atoms with E-state index in [0.29, 0.717) is 22.4 Å². The first kappa shape index (κ1) is 19.9. The molecule has 0 spiro atoms. The van der Waals surface area contributed by atoms with Gasteiger partial charge in [-0.25, -0.2) is 9.67 Å². The molecule has 4 rings (SSSR count). The van der Waals surface area contributed by atoms with E-state index < -0.39 is 17.7 Å². The van der Waals surface area contributed by atoms with Crippen molar-refractivity contribution in [1.29, 1.82) is 0 Å². The second-order valence-electron chi connectivity index (χ2n) is 7.21. The second-order valence-corrected chi connectivity index (χ2v) is 7.21. The van der Waals surface area contributed by atoms with Crippen molar-refractivity contribution >= 4 is 22.8 Å². The van der Waals surface area contributed by atoms with E-state index in [0.717, 1.165) is 17.8 Å². The largest absolute Gasteiger partial charge is 0.497 e. The molecule has 0 radical (unpaired) electrons. The fourth-order valence-corrected chi connectivity index (χ4v) is 3.32. The molecule has 2 aromatic heterocycles. The van der Waals surface area contributed by atoms with Crippen molar-refractivity contribution in [2.75, 3.05) is 5.32 Å². The van der Waals surface area contributed by atoms with Gasteiger partial charge in [-0.15, -0.1) is 0 Å². The number of carbonyl (C=O) groups excluding carboxylic acids is 1. The molecule has 1 amide bonds. The molecule has 1 aliphatic rings. The molecule has 0 saturated heterocycles. The molecular formula is C21H19F3N4O2. The summed E-state index contributed by atoms with van der Waals surface area (Å²) in [7, 11) is 0. The topological polar surface area (TPSA) is 69.0 Å². The molecule has 2 atom stereocenters. The Morgan fingerprint density at radius 1 is 1.20 bits per heavy atom. The number of aryl methyl sites for hydroxylation is 1. The molecule has 156 valence electrons. The van der Waals surface area contributed by atoms with E-state index in [1.54, 1.807) is 17.7 Å². The summed E-state index contributed by atoms with van der Waals surface area (Å²) in [6.45, 7) is 3.84. The van der Waals surface area contributed by atoms with E-state index in [2.05, 4.69) is 15.4 Å². The summed E-state index contributed by atoms with van der Waals surface area (Å²) in [6.07, 6.45) is -1.47. The van der Waals surface area contributed by atoms with E-state index in [1.165, 1.54) is 18.4 Å². The van der Waals surface area contributed by atoms with E-state index in [4.69, 9.17) is 4.74 Å². The predicted octanol–water partition coefficient (Wildman–Crippen LogP) is 4.29. The molecule has 1 aromatic carbocycles. The van der Waals surface area contributed by atoms with Crippen LogP contribution in [0.2, 0.25) is 0 Å². The predicted molar refractivity (Wildman–Crippen MR) is 105 cm³/mol. The summed E-state index contributed by atoms with van der Waals surface area (Å²) in [6, 6.07) is 8.52. The van der Waals surface area contributed by atoms with Crippen LogP contribution >= 0.6 is 0 Å². The van der Waals surface area contributed by atoms with Crippen LogP contribution in [0.4, 0.5) is 19.0 Å². The number of carbonyl (C=O) groups is 1. The van der Waals surface area contributed by atoms with Crippen molar-refractivity contribution in [3.63, 3.8) is 0 Å². The molecule has 30 heavy (non-hydrogen) atoms.